The molecule has 2 heterocycles. The lowest BCUT2D eigenvalue weighted by atomic mass is 9.91. The molecular weight excluding hydrogens is 687 g/mol. The molecule has 0 bridgehead atoms. The average molecular weight is 720 g/mol. The lowest BCUT2D eigenvalue weighted by Crippen LogP contribution is -2.09. The maximum Gasteiger partial charge on any atom is 0.137 e. The van der Waals surface area contributed by atoms with Crippen LogP contribution in [0.3, 0.4) is 0 Å². The van der Waals surface area contributed by atoms with Gasteiger partial charge in [-0.2, -0.15) is 0 Å². The van der Waals surface area contributed by atoms with Crippen LogP contribution in [-0.4, -0.2) is 0 Å². The molecule has 0 radical (unpaired) electrons. The standard InChI is InChI=1S/C52H33NOS/c1-3-11-34(12-4-1)35-21-24-39(25-22-35)53(40-26-29-45-44-17-7-8-20-48(44)54-49(45)32-40)41-27-30-47-46-28-23-38(31-50(46)55-51(47)33-41)43-19-10-16-37-15-9-18-42(52(37)43)36-13-5-2-6-14-36/h1-33H. The van der Waals surface area contributed by atoms with Gasteiger partial charge in [0.25, 0.3) is 0 Å². The van der Waals surface area contributed by atoms with Gasteiger partial charge in [0.05, 0.1) is 0 Å². The number of hydrogen-bond acceptors (Lipinski definition) is 3. The number of para-hydroxylation sites is 1. The Balaban J connectivity index is 1.04. The Morgan fingerprint density at radius 3 is 1.65 bits per heavy atom. The Kier molecular flexibility index (Phi) is 7.39. The van der Waals surface area contributed by atoms with E-state index in [1.807, 2.05) is 23.5 Å². The first-order chi connectivity index (χ1) is 27.2. The van der Waals surface area contributed by atoms with Gasteiger partial charge in [-0.05, 0) is 92.7 Å². The van der Waals surface area contributed by atoms with Crippen LogP contribution in [0.5, 0.6) is 0 Å². The Labute approximate surface area is 322 Å². The largest absolute Gasteiger partial charge is 0.456 e. The van der Waals surface area contributed by atoms with Crippen molar-refractivity contribution in [2.24, 2.45) is 0 Å². The third kappa shape index (κ3) is 5.40. The fourth-order valence-corrected chi connectivity index (χ4v) is 9.43. The van der Waals surface area contributed by atoms with Crippen LogP contribution >= 0.6 is 11.3 Å². The Hall–Kier alpha value is -6.94. The van der Waals surface area contributed by atoms with Crippen molar-refractivity contribution < 1.29 is 4.42 Å². The van der Waals surface area contributed by atoms with Crippen molar-refractivity contribution in [1.82, 2.24) is 0 Å². The molecule has 11 aromatic rings. The zero-order chi connectivity index (χ0) is 36.3. The summed E-state index contributed by atoms with van der Waals surface area (Å²) >= 11 is 1.86. The summed E-state index contributed by atoms with van der Waals surface area (Å²) in [5.74, 6) is 0. The van der Waals surface area contributed by atoms with E-state index < -0.39 is 0 Å². The van der Waals surface area contributed by atoms with Gasteiger partial charge in [0, 0.05) is 54.1 Å². The molecule has 0 fully saturated rings. The third-order valence-corrected chi connectivity index (χ3v) is 12.0. The average Bonchev–Trinajstić information content (AvgIpc) is 3.81. The highest BCUT2D eigenvalue weighted by atomic mass is 32.1. The number of furan rings is 1. The van der Waals surface area contributed by atoms with Crippen molar-refractivity contribution in [3.05, 3.63) is 200 Å². The summed E-state index contributed by atoms with van der Waals surface area (Å²) in [4.78, 5) is 2.35. The van der Waals surface area contributed by atoms with Gasteiger partial charge < -0.3 is 9.32 Å². The Morgan fingerprint density at radius 2 is 0.891 bits per heavy atom. The Bertz CT molecular complexity index is 3190. The van der Waals surface area contributed by atoms with E-state index in [1.54, 1.807) is 0 Å². The van der Waals surface area contributed by atoms with Gasteiger partial charge in [-0.1, -0.05) is 146 Å². The molecule has 2 nitrogen and oxygen atoms in total. The van der Waals surface area contributed by atoms with E-state index in [4.69, 9.17) is 4.42 Å². The van der Waals surface area contributed by atoms with Crippen LogP contribution in [0.15, 0.2) is 205 Å². The fourth-order valence-electron chi connectivity index (χ4n) is 8.25. The molecule has 0 saturated heterocycles. The highest BCUT2D eigenvalue weighted by molar-refractivity contribution is 7.25. The second kappa shape index (κ2) is 12.9. The van der Waals surface area contributed by atoms with Crippen molar-refractivity contribution >= 4 is 81.3 Å². The predicted molar refractivity (Wildman–Crippen MR) is 235 cm³/mol. The first kappa shape index (κ1) is 31.6. The van der Waals surface area contributed by atoms with Crippen molar-refractivity contribution in [2.45, 2.75) is 0 Å². The smallest absolute Gasteiger partial charge is 0.137 e. The molecule has 0 N–H and O–H groups in total. The minimum Gasteiger partial charge on any atom is -0.456 e. The van der Waals surface area contributed by atoms with E-state index in [0.717, 1.165) is 39.0 Å². The topological polar surface area (TPSA) is 16.4 Å². The Morgan fingerprint density at radius 1 is 0.345 bits per heavy atom. The van der Waals surface area contributed by atoms with Crippen LogP contribution in [0.1, 0.15) is 0 Å². The molecular formula is C52H33NOS. The van der Waals surface area contributed by atoms with Crippen molar-refractivity contribution in [2.75, 3.05) is 4.90 Å². The molecule has 0 unspecified atom stereocenters. The monoisotopic (exact) mass is 719 g/mol. The van der Waals surface area contributed by atoms with Crippen LogP contribution in [0.2, 0.25) is 0 Å². The molecule has 55 heavy (non-hydrogen) atoms. The second-order valence-electron chi connectivity index (χ2n) is 14.1. The summed E-state index contributed by atoms with van der Waals surface area (Å²) in [6.45, 7) is 0. The van der Waals surface area contributed by atoms with Gasteiger partial charge in [0.1, 0.15) is 11.2 Å². The molecule has 0 spiro atoms. The zero-order valence-electron chi connectivity index (χ0n) is 29.8. The minimum atomic E-state index is 0.879. The number of nitrogens with zero attached hydrogens (tertiary/aromatic N) is 1. The predicted octanol–water partition coefficient (Wildman–Crippen LogP) is 15.6. The van der Waals surface area contributed by atoms with E-state index in [9.17, 15) is 0 Å². The lowest BCUT2D eigenvalue weighted by molar-refractivity contribution is 0.669. The molecule has 0 atom stereocenters. The van der Waals surface area contributed by atoms with Crippen molar-refractivity contribution in [3.63, 3.8) is 0 Å². The lowest BCUT2D eigenvalue weighted by Gasteiger charge is -2.26. The number of fused-ring (bicyclic) bond motifs is 7. The van der Waals surface area contributed by atoms with Gasteiger partial charge >= 0.3 is 0 Å². The molecule has 2 aromatic heterocycles. The maximum atomic E-state index is 6.38. The molecule has 0 aliphatic rings. The first-order valence-electron chi connectivity index (χ1n) is 18.7. The normalized spacial score (nSPS) is 11.6. The minimum absolute atomic E-state index is 0.879. The summed E-state index contributed by atoms with van der Waals surface area (Å²) in [6, 6.07) is 72.2. The molecule has 258 valence electrons. The summed E-state index contributed by atoms with van der Waals surface area (Å²) in [6.07, 6.45) is 0. The number of thiophene rings is 1. The van der Waals surface area contributed by atoms with Crippen LogP contribution in [0.25, 0.3) is 86.3 Å². The number of benzene rings is 9. The first-order valence-corrected chi connectivity index (χ1v) is 19.5. The number of rotatable bonds is 6. The molecule has 0 amide bonds. The zero-order valence-corrected chi connectivity index (χ0v) is 30.6. The van der Waals surface area contributed by atoms with Gasteiger partial charge in [-0.15, -0.1) is 11.3 Å². The van der Waals surface area contributed by atoms with Crippen molar-refractivity contribution in [3.8, 4) is 33.4 Å². The molecule has 0 aliphatic carbocycles. The third-order valence-electron chi connectivity index (χ3n) is 10.9. The highest BCUT2D eigenvalue weighted by Crippen LogP contribution is 2.44. The van der Waals surface area contributed by atoms with Crippen LogP contribution in [-0.2, 0) is 0 Å². The fraction of sp³-hybridized carbons (Fsp3) is 0. The van der Waals surface area contributed by atoms with E-state index in [2.05, 4.69) is 193 Å². The van der Waals surface area contributed by atoms with E-state index in [-0.39, 0.29) is 0 Å². The number of hydrogen-bond donors (Lipinski definition) is 0. The van der Waals surface area contributed by atoms with Crippen LogP contribution in [0, 0.1) is 0 Å². The quantitative estimate of drug-likeness (QED) is 0.170. The molecule has 9 aromatic carbocycles. The summed E-state index contributed by atoms with van der Waals surface area (Å²) in [5.41, 5.74) is 12.4. The summed E-state index contributed by atoms with van der Waals surface area (Å²) in [7, 11) is 0. The SMILES string of the molecule is c1ccc(-c2ccc(N(c3ccc4c(c3)oc3ccccc34)c3ccc4c(c3)sc3cc(-c5cccc6cccc(-c7ccccc7)c56)ccc34)cc2)cc1. The van der Waals surface area contributed by atoms with Gasteiger partial charge in [-0.25, -0.2) is 0 Å². The molecule has 11 rings (SSSR count). The molecule has 0 saturated carbocycles. The van der Waals surface area contributed by atoms with E-state index >= 15 is 0 Å². The molecule has 3 heteroatoms. The van der Waals surface area contributed by atoms with E-state index in [1.165, 1.54) is 64.3 Å². The highest BCUT2D eigenvalue weighted by Gasteiger charge is 2.18. The second-order valence-corrected chi connectivity index (χ2v) is 15.2. The van der Waals surface area contributed by atoms with Crippen molar-refractivity contribution in [1.29, 1.82) is 0 Å². The maximum absolute atomic E-state index is 6.38. The number of anilines is 3. The van der Waals surface area contributed by atoms with Gasteiger partial charge in [0.2, 0.25) is 0 Å². The summed E-state index contributed by atoms with van der Waals surface area (Å²) < 4.78 is 8.92. The van der Waals surface area contributed by atoms with E-state index in [0.29, 0.717) is 0 Å². The molecule has 0 aliphatic heterocycles. The van der Waals surface area contributed by atoms with Gasteiger partial charge in [-0.3, -0.25) is 0 Å². The summed E-state index contributed by atoms with van der Waals surface area (Å²) in [5, 5.41) is 7.34. The van der Waals surface area contributed by atoms with Crippen LogP contribution in [0.4, 0.5) is 17.1 Å². The van der Waals surface area contributed by atoms with Crippen LogP contribution < -0.4 is 4.90 Å². The van der Waals surface area contributed by atoms with Gasteiger partial charge in [0.15, 0.2) is 0 Å².